The smallest absolute Gasteiger partial charge is 0.240 e. The van der Waals surface area contributed by atoms with Crippen LogP contribution in [0.4, 0.5) is 10.1 Å². The van der Waals surface area contributed by atoms with Crippen molar-refractivity contribution in [1.29, 1.82) is 5.26 Å². The monoisotopic (exact) mass is 344 g/mol. The molecule has 2 amide bonds. The van der Waals surface area contributed by atoms with E-state index in [1.54, 1.807) is 13.8 Å². The van der Waals surface area contributed by atoms with E-state index in [1.807, 2.05) is 6.07 Å². The Morgan fingerprint density at radius 3 is 2.68 bits per heavy atom. The number of benzene rings is 1. The van der Waals surface area contributed by atoms with Gasteiger partial charge in [-0.3, -0.25) is 9.59 Å². The van der Waals surface area contributed by atoms with Gasteiger partial charge >= 0.3 is 0 Å². The molecule has 1 aromatic rings. The summed E-state index contributed by atoms with van der Waals surface area (Å²) < 4.78 is 19.1. The van der Waals surface area contributed by atoms with Gasteiger partial charge in [-0.15, -0.1) is 0 Å². The normalized spacial score (nSPS) is 39.0. The van der Waals surface area contributed by atoms with Crippen molar-refractivity contribution in [1.82, 2.24) is 0 Å². The molecule has 25 heavy (non-hydrogen) atoms. The Kier molecular flexibility index (Phi) is 3.15. The first-order valence-electron chi connectivity index (χ1n) is 8.12. The van der Waals surface area contributed by atoms with Crippen LogP contribution in [-0.4, -0.2) is 34.2 Å². The Hall–Kier alpha value is -2.30. The molecular formula is C18H17FN2O4. The van der Waals surface area contributed by atoms with Gasteiger partial charge in [-0.2, -0.15) is 5.26 Å². The van der Waals surface area contributed by atoms with E-state index in [0.29, 0.717) is 6.42 Å². The minimum atomic E-state index is -1.10. The molecule has 0 spiro atoms. The SMILES string of the molecule is CC12C[C@H](O)C(C)(O1)[C@H]1C(=O)N(c3ccc(C#N)c(CF)c3)C(=O)[C@H]12. The summed E-state index contributed by atoms with van der Waals surface area (Å²) in [5, 5.41) is 19.3. The third kappa shape index (κ3) is 1.84. The number of aliphatic hydroxyl groups excluding tert-OH is 1. The van der Waals surface area contributed by atoms with Crippen molar-refractivity contribution < 1.29 is 23.8 Å². The van der Waals surface area contributed by atoms with Crippen LogP contribution >= 0.6 is 0 Å². The molecule has 7 heteroatoms. The Labute approximate surface area is 143 Å². The maximum Gasteiger partial charge on any atom is 0.240 e. The first-order valence-corrected chi connectivity index (χ1v) is 8.12. The van der Waals surface area contributed by atoms with E-state index in [0.717, 1.165) is 4.90 Å². The van der Waals surface area contributed by atoms with Crippen LogP contribution in [0, 0.1) is 23.2 Å². The van der Waals surface area contributed by atoms with Crippen LogP contribution in [0.5, 0.6) is 0 Å². The number of anilines is 1. The molecule has 3 fully saturated rings. The Balaban J connectivity index is 1.79. The summed E-state index contributed by atoms with van der Waals surface area (Å²) in [5.74, 6) is -2.28. The molecular weight excluding hydrogens is 327 g/mol. The number of aliphatic hydroxyl groups is 1. The molecule has 0 aromatic heterocycles. The van der Waals surface area contributed by atoms with Crippen molar-refractivity contribution in [2.45, 2.75) is 44.2 Å². The molecule has 3 heterocycles. The van der Waals surface area contributed by atoms with Gasteiger partial charge in [0, 0.05) is 12.0 Å². The topological polar surface area (TPSA) is 90.6 Å². The van der Waals surface area contributed by atoms with E-state index in [4.69, 9.17) is 10.00 Å². The molecule has 0 saturated carbocycles. The maximum atomic E-state index is 13.2. The summed E-state index contributed by atoms with van der Waals surface area (Å²) in [4.78, 5) is 27.0. The molecule has 5 atom stereocenters. The highest BCUT2D eigenvalue weighted by Crippen LogP contribution is 2.60. The van der Waals surface area contributed by atoms with Gasteiger partial charge in [0.25, 0.3) is 0 Å². The van der Waals surface area contributed by atoms with E-state index >= 15 is 0 Å². The van der Waals surface area contributed by atoms with Crippen LogP contribution in [0.1, 0.15) is 31.4 Å². The summed E-state index contributed by atoms with van der Waals surface area (Å²) in [6.45, 7) is 2.54. The third-order valence-corrected chi connectivity index (χ3v) is 5.91. The molecule has 0 aliphatic carbocycles. The first-order chi connectivity index (χ1) is 11.8. The fraction of sp³-hybridized carbons (Fsp3) is 0.500. The standard InChI is InChI=1S/C18H17FN2O4/c1-17-6-12(22)18(2,25-17)14-13(17)15(23)21(16(14)24)11-4-3-9(8-20)10(5-11)7-19/h3-5,12-14,22H,6-7H2,1-2H3/t12-,13-,14+,17?,18?/m0/s1. The number of nitrogens with zero attached hydrogens (tertiary/aromatic N) is 2. The van der Waals surface area contributed by atoms with Crippen LogP contribution in [0.15, 0.2) is 18.2 Å². The molecule has 0 radical (unpaired) electrons. The van der Waals surface area contributed by atoms with Gasteiger partial charge in [0.2, 0.25) is 11.8 Å². The zero-order chi connectivity index (χ0) is 18.1. The second-order valence-electron chi connectivity index (χ2n) is 7.37. The van der Waals surface area contributed by atoms with Gasteiger partial charge in [-0.25, -0.2) is 9.29 Å². The Bertz CT molecular complexity index is 850. The number of hydrogen-bond donors (Lipinski definition) is 1. The van der Waals surface area contributed by atoms with Crippen molar-refractivity contribution in [3.63, 3.8) is 0 Å². The van der Waals surface area contributed by atoms with E-state index in [-0.39, 0.29) is 16.8 Å². The van der Waals surface area contributed by atoms with Crippen molar-refractivity contribution in [2.24, 2.45) is 11.8 Å². The first kappa shape index (κ1) is 16.2. The zero-order valence-electron chi connectivity index (χ0n) is 13.8. The quantitative estimate of drug-likeness (QED) is 0.820. The van der Waals surface area contributed by atoms with E-state index in [2.05, 4.69) is 0 Å². The third-order valence-electron chi connectivity index (χ3n) is 5.91. The minimum absolute atomic E-state index is 0.134. The number of halogens is 1. The molecule has 1 N–H and O–H groups in total. The molecule has 2 unspecified atom stereocenters. The lowest BCUT2D eigenvalue weighted by Gasteiger charge is -2.31. The van der Waals surface area contributed by atoms with Crippen LogP contribution < -0.4 is 4.90 Å². The van der Waals surface area contributed by atoms with Gasteiger partial charge in [0.05, 0.1) is 40.9 Å². The largest absolute Gasteiger partial charge is 0.390 e. The number of imide groups is 1. The van der Waals surface area contributed by atoms with Crippen LogP contribution in [0.25, 0.3) is 0 Å². The number of rotatable bonds is 2. The highest BCUT2D eigenvalue weighted by Gasteiger charge is 2.75. The van der Waals surface area contributed by atoms with Crippen LogP contribution in [-0.2, 0) is 21.0 Å². The molecule has 6 nitrogen and oxygen atoms in total. The predicted octanol–water partition coefficient (Wildman–Crippen LogP) is 1.45. The highest BCUT2D eigenvalue weighted by atomic mass is 19.1. The van der Waals surface area contributed by atoms with Gasteiger partial charge in [0.1, 0.15) is 12.3 Å². The van der Waals surface area contributed by atoms with Crippen molar-refractivity contribution in [3.8, 4) is 6.07 Å². The van der Waals surface area contributed by atoms with E-state index in [9.17, 15) is 19.1 Å². The number of ether oxygens (including phenoxy) is 1. The lowest BCUT2D eigenvalue weighted by Crippen LogP contribution is -2.49. The lowest BCUT2D eigenvalue weighted by atomic mass is 9.67. The van der Waals surface area contributed by atoms with Crippen LogP contribution in [0.3, 0.4) is 0 Å². The van der Waals surface area contributed by atoms with Crippen LogP contribution in [0.2, 0.25) is 0 Å². The lowest BCUT2D eigenvalue weighted by molar-refractivity contribution is -0.132. The number of nitriles is 1. The molecule has 1 aromatic carbocycles. The number of hydrogen-bond acceptors (Lipinski definition) is 5. The maximum absolute atomic E-state index is 13.2. The molecule has 2 bridgehead atoms. The van der Waals surface area contributed by atoms with E-state index in [1.165, 1.54) is 18.2 Å². The van der Waals surface area contributed by atoms with Gasteiger partial charge in [0.15, 0.2) is 0 Å². The number of alkyl halides is 1. The summed E-state index contributed by atoms with van der Waals surface area (Å²) in [6, 6.07) is 6.12. The number of amides is 2. The fourth-order valence-corrected chi connectivity index (χ4v) is 4.71. The summed E-state index contributed by atoms with van der Waals surface area (Å²) in [6.07, 6.45) is -0.529. The Morgan fingerprint density at radius 2 is 2.04 bits per heavy atom. The minimum Gasteiger partial charge on any atom is -0.390 e. The van der Waals surface area contributed by atoms with Crippen molar-refractivity contribution in [3.05, 3.63) is 29.3 Å². The number of carbonyl (C=O) groups is 2. The van der Waals surface area contributed by atoms with Gasteiger partial charge < -0.3 is 9.84 Å². The number of fused-ring (bicyclic) bond motifs is 5. The summed E-state index contributed by atoms with van der Waals surface area (Å²) >= 11 is 0. The summed E-state index contributed by atoms with van der Waals surface area (Å²) in [5.41, 5.74) is -1.44. The predicted molar refractivity (Wildman–Crippen MR) is 84.0 cm³/mol. The average Bonchev–Trinajstić information content (AvgIpc) is 3.08. The summed E-state index contributed by atoms with van der Waals surface area (Å²) in [7, 11) is 0. The highest BCUT2D eigenvalue weighted by molar-refractivity contribution is 6.23. The second kappa shape index (κ2) is 4.87. The second-order valence-corrected chi connectivity index (χ2v) is 7.37. The fourth-order valence-electron chi connectivity index (χ4n) is 4.71. The zero-order valence-corrected chi connectivity index (χ0v) is 13.8. The molecule has 4 rings (SSSR count). The molecule has 3 aliphatic rings. The van der Waals surface area contributed by atoms with Gasteiger partial charge in [-0.05, 0) is 32.0 Å². The molecule has 130 valence electrons. The van der Waals surface area contributed by atoms with Crippen molar-refractivity contribution >= 4 is 17.5 Å². The van der Waals surface area contributed by atoms with Gasteiger partial charge in [-0.1, -0.05) is 0 Å². The molecule has 3 aliphatic heterocycles. The Morgan fingerprint density at radius 1 is 1.36 bits per heavy atom. The van der Waals surface area contributed by atoms with Crippen molar-refractivity contribution in [2.75, 3.05) is 4.90 Å². The number of carbonyl (C=O) groups excluding carboxylic acids is 2. The molecule has 3 saturated heterocycles. The van der Waals surface area contributed by atoms with E-state index < -0.39 is 47.6 Å². The average molecular weight is 344 g/mol.